The second-order valence-corrected chi connectivity index (χ2v) is 7.32. The molecular weight excluding hydrogens is 228 g/mol. The summed E-state index contributed by atoms with van der Waals surface area (Å²) in [7, 11) is 0. The first-order chi connectivity index (χ1) is 7.78. The van der Waals surface area contributed by atoms with Crippen LogP contribution in [0.15, 0.2) is 0 Å². The maximum absolute atomic E-state index is 4.66. The van der Waals surface area contributed by atoms with Crippen molar-refractivity contribution in [2.24, 2.45) is 5.92 Å². The van der Waals surface area contributed by atoms with Crippen LogP contribution in [-0.2, 0) is 13.0 Å². The van der Waals surface area contributed by atoms with Gasteiger partial charge in [0, 0.05) is 17.0 Å². The van der Waals surface area contributed by atoms with Crippen LogP contribution in [0.2, 0.25) is 0 Å². The summed E-state index contributed by atoms with van der Waals surface area (Å²) in [4.78, 5) is 6.05. The van der Waals surface area contributed by atoms with E-state index >= 15 is 0 Å². The van der Waals surface area contributed by atoms with Crippen molar-refractivity contribution in [3.05, 3.63) is 15.6 Å². The third kappa shape index (κ3) is 5.64. The number of hydrogen-bond donors (Lipinski definition) is 1. The predicted molar refractivity (Wildman–Crippen MR) is 76.6 cm³/mol. The van der Waals surface area contributed by atoms with Crippen molar-refractivity contribution in [3.63, 3.8) is 0 Å². The van der Waals surface area contributed by atoms with E-state index in [1.807, 2.05) is 11.3 Å². The summed E-state index contributed by atoms with van der Waals surface area (Å²) in [5.74, 6) is 0.760. The smallest absolute Gasteiger partial charge is 0.0931 e. The number of rotatable bonds is 5. The minimum absolute atomic E-state index is 0.175. The number of aromatic nitrogens is 1. The highest BCUT2D eigenvalue weighted by Crippen LogP contribution is 2.21. The molecule has 0 bridgehead atoms. The summed E-state index contributed by atoms with van der Waals surface area (Å²) in [5.41, 5.74) is 1.37. The lowest BCUT2D eigenvalue weighted by Crippen LogP contribution is -2.34. The molecule has 1 aromatic rings. The number of nitrogens with one attached hydrogen (secondary N) is 1. The molecule has 1 N–H and O–H groups in total. The van der Waals surface area contributed by atoms with Crippen LogP contribution in [0.5, 0.6) is 0 Å². The molecule has 0 spiro atoms. The monoisotopic (exact) mass is 254 g/mol. The third-order valence-corrected chi connectivity index (χ3v) is 3.87. The van der Waals surface area contributed by atoms with Crippen molar-refractivity contribution in [2.75, 3.05) is 0 Å². The molecule has 0 aliphatic heterocycles. The number of thiazole rings is 1. The Morgan fingerprint density at radius 2 is 1.94 bits per heavy atom. The average Bonchev–Trinajstić information content (AvgIpc) is 2.52. The Balaban J connectivity index is 2.56. The lowest BCUT2D eigenvalue weighted by molar-refractivity contribution is 0.425. The van der Waals surface area contributed by atoms with E-state index in [1.165, 1.54) is 22.0 Å². The van der Waals surface area contributed by atoms with Gasteiger partial charge < -0.3 is 5.32 Å². The lowest BCUT2D eigenvalue weighted by atomic mass is 10.1. The van der Waals surface area contributed by atoms with Gasteiger partial charge in [-0.1, -0.05) is 13.8 Å². The zero-order valence-corrected chi connectivity index (χ0v) is 12.9. The summed E-state index contributed by atoms with van der Waals surface area (Å²) in [5, 5.41) is 4.82. The van der Waals surface area contributed by atoms with E-state index in [-0.39, 0.29) is 5.54 Å². The van der Waals surface area contributed by atoms with Crippen LogP contribution in [0.25, 0.3) is 0 Å². The maximum atomic E-state index is 4.66. The van der Waals surface area contributed by atoms with E-state index < -0.39 is 0 Å². The standard InChI is InChI=1S/C14H26N2S/c1-10(2)7-8-13-16-11(3)12(17-13)9-15-14(4,5)6/h10,15H,7-9H2,1-6H3. The molecule has 0 atom stereocenters. The van der Waals surface area contributed by atoms with Gasteiger partial charge in [0.1, 0.15) is 0 Å². The normalized spacial score (nSPS) is 12.4. The van der Waals surface area contributed by atoms with Crippen LogP contribution in [0, 0.1) is 12.8 Å². The molecule has 1 rings (SSSR count). The van der Waals surface area contributed by atoms with Crippen molar-refractivity contribution < 1.29 is 0 Å². The molecule has 17 heavy (non-hydrogen) atoms. The summed E-state index contributed by atoms with van der Waals surface area (Å²) in [6.45, 7) is 14.2. The molecule has 0 saturated heterocycles. The topological polar surface area (TPSA) is 24.9 Å². The Hall–Kier alpha value is -0.410. The first kappa shape index (κ1) is 14.7. The van der Waals surface area contributed by atoms with Crippen LogP contribution in [0.3, 0.4) is 0 Å². The van der Waals surface area contributed by atoms with Gasteiger partial charge in [-0.15, -0.1) is 11.3 Å². The van der Waals surface area contributed by atoms with Gasteiger partial charge in [-0.05, 0) is 46.5 Å². The quantitative estimate of drug-likeness (QED) is 0.861. The van der Waals surface area contributed by atoms with E-state index in [1.54, 1.807) is 0 Å². The molecule has 3 heteroatoms. The molecule has 0 aliphatic rings. The Morgan fingerprint density at radius 1 is 1.29 bits per heavy atom. The number of hydrogen-bond acceptors (Lipinski definition) is 3. The van der Waals surface area contributed by atoms with Crippen molar-refractivity contribution in [2.45, 2.75) is 66.5 Å². The minimum Gasteiger partial charge on any atom is -0.307 e. The number of aryl methyl sites for hydroxylation is 2. The highest BCUT2D eigenvalue weighted by molar-refractivity contribution is 7.11. The molecule has 0 aromatic carbocycles. The summed E-state index contributed by atoms with van der Waals surface area (Å²) >= 11 is 1.87. The van der Waals surface area contributed by atoms with Gasteiger partial charge in [0.15, 0.2) is 0 Å². The van der Waals surface area contributed by atoms with Crippen molar-refractivity contribution in [1.82, 2.24) is 10.3 Å². The maximum Gasteiger partial charge on any atom is 0.0931 e. The fourth-order valence-electron chi connectivity index (χ4n) is 1.52. The molecule has 1 aromatic heterocycles. The molecule has 0 amide bonds. The molecule has 0 saturated carbocycles. The predicted octanol–water partition coefficient (Wildman–Crippen LogP) is 3.93. The molecule has 0 radical (unpaired) electrons. The van der Waals surface area contributed by atoms with E-state index in [9.17, 15) is 0 Å². The van der Waals surface area contributed by atoms with Crippen molar-refractivity contribution in [1.29, 1.82) is 0 Å². The van der Waals surface area contributed by atoms with Gasteiger partial charge >= 0.3 is 0 Å². The van der Waals surface area contributed by atoms with Crippen LogP contribution < -0.4 is 5.32 Å². The van der Waals surface area contributed by atoms with E-state index in [4.69, 9.17) is 0 Å². The highest BCUT2D eigenvalue weighted by atomic mass is 32.1. The van der Waals surface area contributed by atoms with Crippen molar-refractivity contribution in [3.8, 4) is 0 Å². The molecule has 2 nitrogen and oxygen atoms in total. The molecule has 1 heterocycles. The summed E-state index contributed by atoms with van der Waals surface area (Å²) < 4.78 is 0. The van der Waals surface area contributed by atoms with Gasteiger partial charge in [-0.3, -0.25) is 0 Å². The Morgan fingerprint density at radius 3 is 2.47 bits per heavy atom. The van der Waals surface area contributed by atoms with Crippen LogP contribution in [0.4, 0.5) is 0 Å². The summed E-state index contributed by atoms with van der Waals surface area (Å²) in [6, 6.07) is 0. The van der Waals surface area contributed by atoms with E-state index in [0.717, 1.165) is 18.9 Å². The zero-order valence-electron chi connectivity index (χ0n) is 12.1. The van der Waals surface area contributed by atoms with E-state index in [0.29, 0.717) is 0 Å². The van der Waals surface area contributed by atoms with Gasteiger partial charge in [-0.25, -0.2) is 4.98 Å². The Labute approximate surface area is 110 Å². The minimum atomic E-state index is 0.175. The largest absolute Gasteiger partial charge is 0.307 e. The van der Waals surface area contributed by atoms with Gasteiger partial charge in [-0.2, -0.15) is 0 Å². The highest BCUT2D eigenvalue weighted by Gasteiger charge is 2.12. The Kier molecular flexibility index (Phi) is 5.14. The average molecular weight is 254 g/mol. The van der Waals surface area contributed by atoms with E-state index in [2.05, 4.69) is 51.8 Å². The van der Waals surface area contributed by atoms with Gasteiger partial charge in [0.2, 0.25) is 0 Å². The van der Waals surface area contributed by atoms with Gasteiger partial charge in [0.25, 0.3) is 0 Å². The van der Waals surface area contributed by atoms with Crippen molar-refractivity contribution >= 4 is 11.3 Å². The molecule has 0 aliphatic carbocycles. The first-order valence-electron chi connectivity index (χ1n) is 6.48. The first-order valence-corrected chi connectivity index (χ1v) is 7.30. The third-order valence-electron chi connectivity index (χ3n) is 2.65. The summed E-state index contributed by atoms with van der Waals surface area (Å²) in [6.07, 6.45) is 2.36. The number of nitrogens with zero attached hydrogens (tertiary/aromatic N) is 1. The lowest BCUT2D eigenvalue weighted by Gasteiger charge is -2.19. The Bertz CT molecular complexity index is 348. The fraction of sp³-hybridized carbons (Fsp3) is 0.786. The SMILES string of the molecule is Cc1nc(CCC(C)C)sc1CNC(C)(C)C. The molecule has 0 fully saturated rings. The zero-order chi connectivity index (χ0) is 13.1. The second-order valence-electron chi connectivity index (χ2n) is 6.15. The molecule has 0 unspecified atom stereocenters. The molecule has 98 valence electrons. The second kappa shape index (κ2) is 5.96. The van der Waals surface area contributed by atoms with Crippen LogP contribution >= 0.6 is 11.3 Å². The van der Waals surface area contributed by atoms with Crippen LogP contribution in [-0.4, -0.2) is 10.5 Å². The van der Waals surface area contributed by atoms with Crippen LogP contribution in [0.1, 0.15) is 56.6 Å². The van der Waals surface area contributed by atoms with Gasteiger partial charge in [0.05, 0.1) is 10.7 Å². The molecular formula is C14H26N2S. The fourth-order valence-corrected chi connectivity index (χ4v) is 2.54.